The third-order valence-corrected chi connectivity index (χ3v) is 20.6. The lowest BCUT2D eigenvalue weighted by Gasteiger charge is -2.49. The number of benzene rings is 15. The Bertz CT molecular complexity index is 5910. The van der Waals surface area contributed by atoms with E-state index in [-0.39, 0.29) is 0 Å². The molecule has 0 saturated carbocycles. The average molecular weight is 1170 g/mol. The van der Waals surface area contributed by atoms with Crippen LogP contribution in [0.3, 0.4) is 0 Å². The lowest BCUT2D eigenvalue weighted by Crippen LogP contribution is -2.43. The third-order valence-electron chi connectivity index (χ3n) is 20.6. The maximum absolute atomic E-state index is 5.55. The highest BCUT2D eigenvalue weighted by molar-refractivity contribution is 6.22. The van der Waals surface area contributed by atoms with Crippen molar-refractivity contribution in [3.8, 4) is 78.7 Å². The van der Waals surface area contributed by atoms with Crippen LogP contribution in [0, 0.1) is 0 Å². The number of hydrogen-bond acceptors (Lipinski definition) is 2. The van der Waals surface area contributed by atoms with Crippen molar-refractivity contribution in [2.24, 2.45) is 0 Å². The normalized spacial score (nSPS) is 15.7. The molecule has 92 heavy (non-hydrogen) atoms. The van der Waals surface area contributed by atoms with E-state index in [0.717, 1.165) is 56.2 Å². The van der Waals surface area contributed by atoms with Crippen LogP contribution in [0.1, 0.15) is 44.5 Å². The van der Waals surface area contributed by atoms with Crippen LogP contribution in [0.15, 0.2) is 328 Å². The summed E-state index contributed by atoms with van der Waals surface area (Å²) < 4.78 is 4.68. The summed E-state index contributed by atoms with van der Waals surface area (Å²) >= 11 is 0. The van der Waals surface area contributed by atoms with Crippen LogP contribution in [0.4, 0.5) is 0 Å². The second-order valence-electron chi connectivity index (χ2n) is 25.0. The van der Waals surface area contributed by atoms with Crippen molar-refractivity contribution in [2.75, 3.05) is 0 Å². The molecule has 0 N–H and O–H groups in total. The molecule has 0 bridgehead atoms. The number of hydrogen-bond donors (Lipinski definition) is 0. The molecule has 4 heteroatoms. The van der Waals surface area contributed by atoms with E-state index >= 15 is 0 Å². The van der Waals surface area contributed by atoms with E-state index in [1.54, 1.807) is 0 Å². The minimum atomic E-state index is -0.827. The molecule has 426 valence electrons. The Morgan fingerprint density at radius 2 is 0.587 bits per heavy atom. The summed E-state index contributed by atoms with van der Waals surface area (Å²) in [6, 6.07) is 122. The molecule has 4 nitrogen and oxygen atoms in total. The molecular formula is C88H54N4. The standard InChI is InChI=1S/C88H54N4/c1-3-25-61(26-4-1)91-81-41-21-19-39-79(81)89-85(91)59-45-48-65-63-29-13-15-35-71(63)87(76(65)53-59)73-37-17-18-38-74(73)88(72-36-16-14-30-64(72)66-49-46-60(54-77(66)88)86-90-80-40-20-22-42-82(80)92(86)62-27-5-2-6-28-62)78-52-58(47-50-75(78)87)84-69-33-11-9-31-67(69)83(68-32-10-12-34-70(68)84)57-44-43-55-23-7-8-24-56(55)51-57/h1-54H. The first-order valence-corrected chi connectivity index (χ1v) is 31.9. The second kappa shape index (κ2) is 19.3. The van der Waals surface area contributed by atoms with E-state index < -0.39 is 10.8 Å². The number of aromatic nitrogens is 4. The van der Waals surface area contributed by atoms with Crippen LogP contribution in [0.25, 0.3) is 133 Å². The zero-order valence-corrected chi connectivity index (χ0v) is 50.0. The van der Waals surface area contributed by atoms with E-state index in [9.17, 15) is 0 Å². The maximum atomic E-state index is 5.55. The molecule has 0 aliphatic heterocycles. The molecule has 3 aliphatic carbocycles. The van der Waals surface area contributed by atoms with E-state index in [4.69, 9.17) is 9.97 Å². The Hall–Kier alpha value is -12.0. The van der Waals surface area contributed by atoms with Crippen molar-refractivity contribution in [3.63, 3.8) is 0 Å². The molecule has 2 aromatic heterocycles. The third kappa shape index (κ3) is 6.85. The predicted octanol–water partition coefficient (Wildman–Crippen LogP) is 21.5. The fourth-order valence-electron chi connectivity index (χ4n) is 17.0. The Kier molecular flexibility index (Phi) is 10.7. The quantitative estimate of drug-likeness (QED) is 0.156. The molecule has 17 aromatic rings. The van der Waals surface area contributed by atoms with Crippen molar-refractivity contribution in [1.29, 1.82) is 0 Å². The molecule has 3 aliphatic rings. The first-order chi connectivity index (χ1) is 45.6. The van der Waals surface area contributed by atoms with Crippen molar-refractivity contribution in [3.05, 3.63) is 372 Å². The van der Waals surface area contributed by atoms with E-state index in [0.29, 0.717) is 0 Å². The monoisotopic (exact) mass is 1170 g/mol. The van der Waals surface area contributed by atoms with Crippen LogP contribution in [-0.4, -0.2) is 19.1 Å². The Labute approximate surface area is 531 Å². The summed E-state index contributed by atoms with van der Waals surface area (Å²) in [6.45, 7) is 0. The molecule has 0 fully saturated rings. The van der Waals surface area contributed by atoms with Gasteiger partial charge in [-0.3, -0.25) is 9.13 Å². The molecule has 2 spiro atoms. The molecule has 2 heterocycles. The number of imidazole rings is 2. The van der Waals surface area contributed by atoms with Gasteiger partial charge in [-0.2, -0.15) is 0 Å². The van der Waals surface area contributed by atoms with Gasteiger partial charge in [0.25, 0.3) is 0 Å². The summed E-state index contributed by atoms with van der Waals surface area (Å²) in [6.07, 6.45) is 0. The molecular weight excluding hydrogens is 1110 g/mol. The van der Waals surface area contributed by atoms with Crippen molar-refractivity contribution < 1.29 is 0 Å². The van der Waals surface area contributed by atoms with Gasteiger partial charge in [-0.1, -0.05) is 255 Å². The summed E-state index contributed by atoms with van der Waals surface area (Å²) in [5.74, 6) is 1.80. The molecule has 0 radical (unpaired) electrons. The number of fused-ring (bicyclic) bond motifs is 21. The number of para-hydroxylation sites is 6. The SMILES string of the molecule is c1ccc(-n2c(-c3ccc4c(c3)C3(c5ccccc5-4)c4ccccc4C4(c5ccccc5-c5ccc(-c6nc7ccccc7n6-c6ccccc6)cc54)c4cc(-c5c6ccccc6c(-c6ccc7ccccc7c6)c6ccccc56)ccc43)nc3ccccc32)cc1. The van der Waals surface area contributed by atoms with Crippen LogP contribution >= 0.6 is 0 Å². The average Bonchev–Trinajstić information content (AvgIpc) is 1.42. The van der Waals surface area contributed by atoms with Gasteiger partial charge in [0.1, 0.15) is 11.6 Å². The summed E-state index contributed by atoms with van der Waals surface area (Å²) in [5, 5.41) is 7.33. The first kappa shape index (κ1) is 51.0. The van der Waals surface area contributed by atoms with E-state index in [1.165, 1.54) is 121 Å². The van der Waals surface area contributed by atoms with Gasteiger partial charge in [0.05, 0.1) is 32.9 Å². The van der Waals surface area contributed by atoms with Crippen LogP contribution in [0.5, 0.6) is 0 Å². The smallest absolute Gasteiger partial charge is 0.145 e. The highest BCUT2D eigenvalue weighted by Gasteiger charge is 2.59. The zero-order chi connectivity index (χ0) is 60.2. The molecule has 2 atom stereocenters. The predicted molar refractivity (Wildman–Crippen MR) is 378 cm³/mol. The van der Waals surface area contributed by atoms with Crippen molar-refractivity contribution in [2.45, 2.75) is 10.8 Å². The van der Waals surface area contributed by atoms with Crippen molar-refractivity contribution >= 4 is 54.4 Å². The molecule has 20 rings (SSSR count). The largest absolute Gasteiger partial charge is 0.292 e. The molecule has 15 aromatic carbocycles. The van der Waals surface area contributed by atoms with Gasteiger partial charge in [0.15, 0.2) is 0 Å². The van der Waals surface area contributed by atoms with Crippen LogP contribution in [0.2, 0.25) is 0 Å². The summed E-state index contributed by atoms with van der Waals surface area (Å²) in [5.41, 5.74) is 26.5. The highest BCUT2D eigenvalue weighted by Crippen LogP contribution is 2.68. The van der Waals surface area contributed by atoms with Gasteiger partial charge in [0, 0.05) is 22.5 Å². The summed E-state index contributed by atoms with van der Waals surface area (Å²) in [4.78, 5) is 11.1. The molecule has 2 unspecified atom stereocenters. The van der Waals surface area contributed by atoms with Gasteiger partial charge in [0.2, 0.25) is 0 Å². The van der Waals surface area contributed by atoms with Gasteiger partial charge >= 0.3 is 0 Å². The van der Waals surface area contributed by atoms with Gasteiger partial charge in [-0.05, 0) is 194 Å². The lowest BCUT2D eigenvalue weighted by atomic mass is 9.52. The Balaban J connectivity index is 0.920. The molecule has 0 saturated heterocycles. The number of nitrogens with zero attached hydrogens (tertiary/aromatic N) is 4. The minimum Gasteiger partial charge on any atom is -0.292 e. The van der Waals surface area contributed by atoms with Gasteiger partial charge in [-0.15, -0.1) is 0 Å². The van der Waals surface area contributed by atoms with Gasteiger partial charge in [-0.25, -0.2) is 9.97 Å². The maximum Gasteiger partial charge on any atom is 0.145 e. The topological polar surface area (TPSA) is 35.6 Å². The number of rotatable bonds is 6. The van der Waals surface area contributed by atoms with Gasteiger partial charge < -0.3 is 0 Å². The second-order valence-corrected chi connectivity index (χ2v) is 25.0. The first-order valence-electron chi connectivity index (χ1n) is 31.9. The lowest BCUT2D eigenvalue weighted by molar-refractivity contribution is 0.633. The Morgan fingerprint density at radius 1 is 0.228 bits per heavy atom. The summed E-state index contributed by atoms with van der Waals surface area (Å²) in [7, 11) is 0. The Morgan fingerprint density at radius 3 is 1.11 bits per heavy atom. The fourth-order valence-corrected chi connectivity index (χ4v) is 17.0. The zero-order valence-electron chi connectivity index (χ0n) is 50.0. The van der Waals surface area contributed by atoms with E-state index in [2.05, 4.69) is 337 Å². The fraction of sp³-hybridized carbons (Fsp3) is 0.0227. The minimum absolute atomic E-state index is 0.790. The van der Waals surface area contributed by atoms with Crippen LogP contribution < -0.4 is 0 Å². The van der Waals surface area contributed by atoms with E-state index in [1.807, 2.05) is 0 Å². The molecule has 0 amide bonds. The van der Waals surface area contributed by atoms with Crippen molar-refractivity contribution in [1.82, 2.24) is 19.1 Å². The highest BCUT2D eigenvalue weighted by atomic mass is 15.1. The van der Waals surface area contributed by atoms with Crippen LogP contribution in [-0.2, 0) is 10.8 Å².